The molecule has 3 N–H and O–H groups in total. The van der Waals surface area contributed by atoms with Crippen molar-refractivity contribution in [2.24, 2.45) is 11.7 Å². The Morgan fingerprint density at radius 1 is 1.38 bits per heavy atom. The van der Waals surface area contributed by atoms with E-state index in [4.69, 9.17) is 5.73 Å². The van der Waals surface area contributed by atoms with Crippen molar-refractivity contribution in [3.05, 3.63) is 24.0 Å². The van der Waals surface area contributed by atoms with Crippen LogP contribution in [0.4, 0.5) is 0 Å². The Bertz CT molecular complexity index is 953. The van der Waals surface area contributed by atoms with Gasteiger partial charge in [-0.25, -0.2) is 9.97 Å². The van der Waals surface area contributed by atoms with E-state index in [-0.39, 0.29) is 12.4 Å². The van der Waals surface area contributed by atoms with Crippen LogP contribution in [0.1, 0.15) is 23.3 Å². The van der Waals surface area contributed by atoms with E-state index in [1.807, 2.05) is 29.3 Å². The van der Waals surface area contributed by atoms with Gasteiger partial charge in [0.15, 0.2) is 10.9 Å². The van der Waals surface area contributed by atoms with E-state index in [1.165, 1.54) is 11.8 Å². The van der Waals surface area contributed by atoms with E-state index in [9.17, 15) is 4.79 Å². The predicted molar refractivity (Wildman–Crippen MR) is 106 cm³/mol. The zero-order chi connectivity index (χ0) is 17.4. The molecule has 3 aromatic rings. The SMILES string of the molecule is CSc1ncc2ccc3c(C(N)=O)nn(CC4CCNCC4)c3c2n1.Cl. The molecule has 1 saturated heterocycles. The highest BCUT2D eigenvalue weighted by atomic mass is 35.5. The standard InChI is InChI=1S/C17H20N6OS.ClH/c1-25-17-20-8-11-2-3-12-14(16(18)24)22-23(15(12)13(11)21-17)9-10-4-6-19-7-5-10;/h2-3,8,10,19H,4-7,9H2,1H3,(H2,18,24);1H. The minimum atomic E-state index is -0.507. The summed E-state index contributed by atoms with van der Waals surface area (Å²) in [5, 5.41) is 10.3. The smallest absolute Gasteiger partial charge is 0.269 e. The van der Waals surface area contributed by atoms with Crippen LogP contribution in [0, 0.1) is 5.92 Å². The van der Waals surface area contributed by atoms with Crippen molar-refractivity contribution in [3.63, 3.8) is 0 Å². The van der Waals surface area contributed by atoms with E-state index >= 15 is 0 Å². The van der Waals surface area contributed by atoms with Gasteiger partial charge in [-0.15, -0.1) is 12.4 Å². The number of carbonyl (C=O) groups excluding carboxylic acids is 1. The molecule has 0 radical (unpaired) electrons. The highest BCUT2D eigenvalue weighted by Crippen LogP contribution is 2.29. The number of nitrogens with two attached hydrogens (primary N) is 1. The van der Waals surface area contributed by atoms with Crippen LogP contribution in [-0.4, -0.2) is 45.0 Å². The van der Waals surface area contributed by atoms with Gasteiger partial charge in [-0.05, 0) is 44.2 Å². The summed E-state index contributed by atoms with van der Waals surface area (Å²) in [5.74, 6) is 0.0229. The van der Waals surface area contributed by atoms with Gasteiger partial charge in [-0.2, -0.15) is 5.10 Å². The average molecular weight is 393 g/mol. The molecule has 0 aliphatic carbocycles. The summed E-state index contributed by atoms with van der Waals surface area (Å²) < 4.78 is 1.92. The average Bonchev–Trinajstić information content (AvgIpc) is 3.01. The lowest BCUT2D eigenvalue weighted by Crippen LogP contribution is -2.30. The normalized spacial score (nSPS) is 15.3. The van der Waals surface area contributed by atoms with Gasteiger partial charge in [-0.1, -0.05) is 17.8 Å². The first-order valence-electron chi connectivity index (χ1n) is 8.38. The summed E-state index contributed by atoms with van der Waals surface area (Å²) in [6, 6.07) is 3.82. The molecule has 1 amide bonds. The van der Waals surface area contributed by atoms with Crippen molar-refractivity contribution >= 4 is 51.9 Å². The Balaban J connectivity index is 0.00000196. The zero-order valence-corrected chi connectivity index (χ0v) is 16.1. The number of benzene rings is 1. The fourth-order valence-electron chi connectivity index (χ4n) is 3.46. The summed E-state index contributed by atoms with van der Waals surface area (Å²) in [6.07, 6.45) is 5.97. The van der Waals surface area contributed by atoms with Crippen LogP contribution in [-0.2, 0) is 6.54 Å². The second kappa shape index (κ2) is 7.77. The molecular formula is C17H21ClN6OS. The maximum atomic E-state index is 11.9. The lowest BCUT2D eigenvalue weighted by atomic mass is 9.98. The van der Waals surface area contributed by atoms with Crippen LogP contribution >= 0.6 is 24.2 Å². The number of amides is 1. The van der Waals surface area contributed by atoms with Crippen molar-refractivity contribution in [3.8, 4) is 0 Å². The monoisotopic (exact) mass is 392 g/mol. The van der Waals surface area contributed by atoms with Crippen molar-refractivity contribution in [1.29, 1.82) is 0 Å². The highest BCUT2D eigenvalue weighted by Gasteiger charge is 2.21. The van der Waals surface area contributed by atoms with Gasteiger partial charge in [0.05, 0.1) is 5.52 Å². The molecule has 4 rings (SSSR count). The number of hydrogen-bond acceptors (Lipinski definition) is 6. The van der Waals surface area contributed by atoms with Crippen LogP contribution < -0.4 is 11.1 Å². The molecule has 0 spiro atoms. The molecule has 7 nitrogen and oxygen atoms in total. The first kappa shape index (κ1) is 18.9. The van der Waals surface area contributed by atoms with E-state index in [0.29, 0.717) is 16.8 Å². The Morgan fingerprint density at radius 2 is 2.15 bits per heavy atom. The minimum Gasteiger partial charge on any atom is -0.364 e. The Hall–Kier alpha value is -1.90. The summed E-state index contributed by atoms with van der Waals surface area (Å²) >= 11 is 1.50. The quantitative estimate of drug-likeness (QED) is 0.521. The zero-order valence-electron chi connectivity index (χ0n) is 14.4. The number of hydrogen-bond donors (Lipinski definition) is 2. The van der Waals surface area contributed by atoms with Crippen LogP contribution in [0.15, 0.2) is 23.5 Å². The third-order valence-electron chi connectivity index (χ3n) is 4.74. The van der Waals surface area contributed by atoms with Gasteiger partial charge in [0.1, 0.15) is 5.52 Å². The molecule has 0 atom stereocenters. The molecule has 138 valence electrons. The number of fused-ring (bicyclic) bond motifs is 3. The number of halogens is 1. The van der Waals surface area contributed by atoms with Crippen molar-refractivity contribution < 1.29 is 4.79 Å². The van der Waals surface area contributed by atoms with Gasteiger partial charge in [-0.3, -0.25) is 9.48 Å². The van der Waals surface area contributed by atoms with E-state index in [2.05, 4.69) is 20.4 Å². The first-order valence-corrected chi connectivity index (χ1v) is 9.60. The van der Waals surface area contributed by atoms with Crippen LogP contribution in [0.2, 0.25) is 0 Å². The molecule has 26 heavy (non-hydrogen) atoms. The summed E-state index contributed by atoms with van der Waals surface area (Å²) in [6.45, 7) is 2.81. The maximum absolute atomic E-state index is 11.9. The largest absolute Gasteiger partial charge is 0.364 e. The number of rotatable bonds is 4. The second-order valence-electron chi connectivity index (χ2n) is 6.34. The van der Waals surface area contributed by atoms with Gasteiger partial charge in [0.25, 0.3) is 5.91 Å². The molecule has 0 saturated carbocycles. The molecule has 3 heterocycles. The number of nitrogens with one attached hydrogen (secondary N) is 1. The molecule has 0 bridgehead atoms. The Labute approximate surface area is 161 Å². The van der Waals surface area contributed by atoms with Crippen molar-refractivity contribution in [2.75, 3.05) is 19.3 Å². The second-order valence-corrected chi connectivity index (χ2v) is 7.12. The lowest BCUT2D eigenvalue weighted by molar-refractivity contribution is 0.0996. The van der Waals surface area contributed by atoms with E-state index in [1.54, 1.807) is 0 Å². The summed E-state index contributed by atoms with van der Waals surface area (Å²) in [5.41, 5.74) is 7.58. The molecule has 1 fully saturated rings. The van der Waals surface area contributed by atoms with Gasteiger partial charge < -0.3 is 11.1 Å². The Morgan fingerprint density at radius 3 is 2.85 bits per heavy atom. The number of piperidine rings is 1. The van der Waals surface area contributed by atoms with E-state index in [0.717, 1.165) is 54.3 Å². The fraction of sp³-hybridized carbons (Fsp3) is 0.412. The van der Waals surface area contributed by atoms with Crippen molar-refractivity contribution in [1.82, 2.24) is 25.1 Å². The predicted octanol–water partition coefficient (Wildman–Crippen LogP) is 2.22. The molecule has 9 heteroatoms. The number of carbonyl (C=O) groups is 1. The Kier molecular flexibility index (Phi) is 5.64. The third kappa shape index (κ3) is 3.36. The molecule has 1 aliphatic rings. The fourth-order valence-corrected chi connectivity index (χ4v) is 3.81. The van der Waals surface area contributed by atoms with Gasteiger partial charge in [0, 0.05) is 23.5 Å². The summed E-state index contributed by atoms with van der Waals surface area (Å²) in [7, 11) is 0. The van der Waals surface area contributed by atoms with E-state index < -0.39 is 5.91 Å². The topological polar surface area (TPSA) is 98.7 Å². The number of nitrogens with zero attached hydrogens (tertiary/aromatic N) is 4. The third-order valence-corrected chi connectivity index (χ3v) is 5.31. The van der Waals surface area contributed by atoms with Gasteiger partial charge >= 0.3 is 0 Å². The number of primary amides is 1. The molecule has 0 unspecified atom stereocenters. The maximum Gasteiger partial charge on any atom is 0.269 e. The van der Waals surface area contributed by atoms with Crippen LogP contribution in [0.25, 0.3) is 21.8 Å². The first-order chi connectivity index (χ1) is 12.2. The number of thioether (sulfide) groups is 1. The molecular weight excluding hydrogens is 372 g/mol. The number of aromatic nitrogens is 4. The molecule has 2 aromatic heterocycles. The van der Waals surface area contributed by atoms with Gasteiger partial charge in [0.2, 0.25) is 0 Å². The van der Waals surface area contributed by atoms with Crippen molar-refractivity contribution in [2.45, 2.75) is 24.5 Å². The van der Waals surface area contributed by atoms with Crippen LogP contribution in [0.5, 0.6) is 0 Å². The van der Waals surface area contributed by atoms with Crippen LogP contribution in [0.3, 0.4) is 0 Å². The lowest BCUT2D eigenvalue weighted by Gasteiger charge is -2.22. The minimum absolute atomic E-state index is 0. The highest BCUT2D eigenvalue weighted by molar-refractivity contribution is 7.98. The summed E-state index contributed by atoms with van der Waals surface area (Å²) in [4.78, 5) is 20.9. The molecule has 1 aromatic carbocycles. The molecule has 1 aliphatic heterocycles.